The Kier molecular flexibility index (Phi) is 4.97. The minimum Gasteiger partial charge on any atom is -0.353 e. The van der Waals surface area contributed by atoms with E-state index >= 15 is 0 Å². The molecular weight excluding hydrogens is 236 g/mol. The van der Waals surface area contributed by atoms with E-state index < -0.39 is 0 Å². The van der Waals surface area contributed by atoms with Gasteiger partial charge in [0.1, 0.15) is 0 Å². The molecule has 1 amide bonds. The Morgan fingerprint density at radius 3 is 2.68 bits per heavy atom. The third-order valence-corrected chi connectivity index (χ3v) is 4.02. The highest BCUT2D eigenvalue weighted by molar-refractivity contribution is 5.79. The fraction of sp³-hybridized carbons (Fsp3) is 0.562. The lowest BCUT2D eigenvalue weighted by Gasteiger charge is -2.19. The minimum atomic E-state index is -0.113. The van der Waals surface area contributed by atoms with Crippen LogP contribution in [0.1, 0.15) is 31.7 Å². The maximum atomic E-state index is 12.3. The van der Waals surface area contributed by atoms with E-state index in [0.29, 0.717) is 12.6 Å². The van der Waals surface area contributed by atoms with Crippen LogP contribution < -0.4 is 11.1 Å². The van der Waals surface area contributed by atoms with Gasteiger partial charge in [-0.1, -0.05) is 37.3 Å². The average molecular weight is 260 g/mol. The van der Waals surface area contributed by atoms with E-state index in [1.165, 1.54) is 12.0 Å². The van der Waals surface area contributed by atoms with Gasteiger partial charge in [0.15, 0.2) is 0 Å². The Morgan fingerprint density at radius 2 is 2.11 bits per heavy atom. The lowest BCUT2D eigenvalue weighted by molar-refractivity contribution is -0.125. The van der Waals surface area contributed by atoms with Crippen LogP contribution in [0.25, 0.3) is 0 Å². The Morgan fingerprint density at radius 1 is 1.37 bits per heavy atom. The van der Waals surface area contributed by atoms with Gasteiger partial charge < -0.3 is 11.1 Å². The molecule has 1 aliphatic carbocycles. The van der Waals surface area contributed by atoms with Crippen molar-refractivity contribution in [2.45, 2.75) is 38.6 Å². The van der Waals surface area contributed by atoms with Gasteiger partial charge in [-0.3, -0.25) is 4.79 Å². The summed E-state index contributed by atoms with van der Waals surface area (Å²) < 4.78 is 0. The van der Waals surface area contributed by atoms with Crippen molar-refractivity contribution in [3.05, 3.63) is 35.9 Å². The molecular formula is C16H24N2O. The number of hydrogen-bond donors (Lipinski definition) is 2. The quantitative estimate of drug-likeness (QED) is 0.852. The first-order valence-electron chi connectivity index (χ1n) is 7.23. The molecule has 0 bridgehead atoms. The maximum absolute atomic E-state index is 12.3. The molecule has 3 atom stereocenters. The first-order chi connectivity index (χ1) is 9.19. The summed E-state index contributed by atoms with van der Waals surface area (Å²) in [7, 11) is 0. The van der Waals surface area contributed by atoms with Crippen LogP contribution in [0.2, 0.25) is 0 Å². The van der Waals surface area contributed by atoms with Gasteiger partial charge in [-0.25, -0.2) is 0 Å². The molecule has 3 nitrogen and oxygen atoms in total. The van der Waals surface area contributed by atoms with Crippen molar-refractivity contribution in [3.8, 4) is 0 Å². The highest BCUT2D eigenvalue weighted by Crippen LogP contribution is 2.24. The summed E-state index contributed by atoms with van der Waals surface area (Å²) in [6, 6.07) is 10.4. The highest BCUT2D eigenvalue weighted by Gasteiger charge is 2.25. The second kappa shape index (κ2) is 6.71. The third kappa shape index (κ3) is 4.06. The number of carbonyl (C=O) groups is 1. The molecule has 0 aromatic heterocycles. The molecule has 1 aromatic rings. The zero-order valence-electron chi connectivity index (χ0n) is 11.6. The Hall–Kier alpha value is -1.35. The second-order valence-corrected chi connectivity index (χ2v) is 5.75. The monoisotopic (exact) mass is 260 g/mol. The summed E-state index contributed by atoms with van der Waals surface area (Å²) in [4.78, 5) is 12.3. The van der Waals surface area contributed by atoms with Crippen LogP contribution in [0.3, 0.4) is 0 Å². The third-order valence-electron chi connectivity index (χ3n) is 4.02. The fourth-order valence-electron chi connectivity index (χ4n) is 2.84. The Balaban J connectivity index is 1.88. The van der Waals surface area contributed by atoms with E-state index in [4.69, 9.17) is 5.73 Å². The molecule has 3 N–H and O–H groups in total. The van der Waals surface area contributed by atoms with E-state index in [2.05, 4.69) is 12.2 Å². The van der Waals surface area contributed by atoms with Crippen LogP contribution >= 0.6 is 0 Å². The molecule has 0 radical (unpaired) electrons. The van der Waals surface area contributed by atoms with Gasteiger partial charge >= 0.3 is 0 Å². The molecule has 19 heavy (non-hydrogen) atoms. The summed E-state index contributed by atoms with van der Waals surface area (Å²) in [5.74, 6) is 0.736. The molecule has 0 aliphatic heterocycles. The molecule has 104 valence electrons. The largest absolute Gasteiger partial charge is 0.353 e. The van der Waals surface area contributed by atoms with E-state index in [1.54, 1.807) is 0 Å². The van der Waals surface area contributed by atoms with Crippen molar-refractivity contribution in [2.24, 2.45) is 17.6 Å². The summed E-state index contributed by atoms with van der Waals surface area (Å²) in [5, 5.41) is 3.16. The molecule has 0 saturated heterocycles. The molecule has 3 heteroatoms. The first-order valence-corrected chi connectivity index (χ1v) is 7.23. The van der Waals surface area contributed by atoms with Crippen LogP contribution in [0, 0.1) is 11.8 Å². The molecule has 2 rings (SSSR count). The second-order valence-electron chi connectivity index (χ2n) is 5.75. The topological polar surface area (TPSA) is 55.1 Å². The fourth-order valence-corrected chi connectivity index (χ4v) is 2.84. The number of nitrogens with two attached hydrogens (primary N) is 1. The number of hydrogen-bond acceptors (Lipinski definition) is 2. The molecule has 3 unspecified atom stereocenters. The SMILES string of the molecule is CC1CCC(NC(=O)C(CN)Cc2ccccc2)C1. The van der Waals surface area contributed by atoms with Crippen LogP contribution in [-0.2, 0) is 11.2 Å². The van der Waals surface area contributed by atoms with Crippen LogP contribution in [0.5, 0.6) is 0 Å². The predicted molar refractivity (Wildman–Crippen MR) is 77.6 cm³/mol. The highest BCUT2D eigenvalue weighted by atomic mass is 16.1. The summed E-state index contributed by atoms with van der Waals surface area (Å²) in [6.07, 6.45) is 4.16. The van der Waals surface area contributed by atoms with Gasteiger partial charge in [-0.15, -0.1) is 0 Å². The van der Waals surface area contributed by atoms with Gasteiger partial charge in [0.05, 0.1) is 5.92 Å². The van der Waals surface area contributed by atoms with Crippen LogP contribution in [0.4, 0.5) is 0 Å². The summed E-state index contributed by atoms with van der Waals surface area (Å²) in [5.41, 5.74) is 6.94. The Labute approximate surface area is 115 Å². The van der Waals surface area contributed by atoms with Gasteiger partial charge in [0, 0.05) is 12.6 Å². The van der Waals surface area contributed by atoms with Crippen LogP contribution in [-0.4, -0.2) is 18.5 Å². The van der Waals surface area contributed by atoms with Gasteiger partial charge in [0.2, 0.25) is 5.91 Å². The molecule has 0 heterocycles. The van der Waals surface area contributed by atoms with Crippen LogP contribution in [0.15, 0.2) is 30.3 Å². The maximum Gasteiger partial charge on any atom is 0.224 e. The zero-order valence-corrected chi connectivity index (χ0v) is 11.6. The normalized spacial score (nSPS) is 24.1. The number of amides is 1. The molecule has 1 aliphatic rings. The number of nitrogens with one attached hydrogen (secondary N) is 1. The molecule has 1 saturated carbocycles. The summed E-state index contributed by atoms with van der Waals surface area (Å²) >= 11 is 0. The zero-order chi connectivity index (χ0) is 13.7. The minimum absolute atomic E-state index is 0.113. The lowest BCUT2D eigenvalue weighted by atomic mass is 9.98. The van der Waals surface area contributed by atoms with Crippen molar-refractivity contribution in [1.82, 2.24) is 5.32 Å². The average Bonchev–Trinajstić information content (AvgIpc) is 2.82. The molecule has 1 fully saturated rings. The van der Waals surface area contributed by atoms with Crippen molar-refractivity contribution in [3.63, 3.8) is 0 Å². The number of carbonyl (C=O) groups excluding carboxylic acids is 1. The van der Waals surface area contributed by atoms with Gasteiger partial charge in [0.25, 0.3) is 0 Å². The van der Waals surface area contributed by atoms with E-state index in [1.807, 2.05) is 30.3 Å². The van der Waals surface area contributed by atoms with E-state index in [0.717, 1.165) is 25.2 Å². The van der Waals surface area contributed by atoms with Crippen molar-refractivity contribution >= 4 is 5.91 Å². The van der Waals surface area contributed by atoms with Crippen molar-refractivity contribution < 1.29 is 4.79 Å². The first kappa shape index (κ1) is 14.1. The smallest absolute Gasteiger partial charge is 0.224 e. The standard InChI is InChI=1S/C16H24N2O/c1-12-7-8-15(9-12)18-16(19)14(11-17)10-13-5-3-2-4-6-13/h2-6,12,14-15H,7-11,17H2,1H3,(H,18,19). The van der Waals surface area contributed by atoms with Gasteiger partial charge in [-0.05, 0) is 37.2 Å². The van der Waals surface area contributed by atoms with Crippen molar-refractivity contribution in [1.29, 1.82) is 0 Å². The molecule has 0 spiro atoms. The number of benzene rings is 1. The predicted octanol–water partition coefficient (Wildman–Crippen LogP) is 2.11. The van der Waals surface area contributed by atoms with Gasteiger partial charge in [-0.2, -0.15) is 0 Å². The lowest BCUT2D eigenvalue weighted by Crippen LogP contribution is -2.41. The van der Waals surface area contributed by atoms with E-state index in [-0.39, 0.29) is 11.8 Å². The molecule has 1 aromatic carbocycles. The summed E-state index contributed by atoms with van der Waals surface area (Å²) in [6.45, 7) is 2.65. The van der Waals surface area contributed by atoms with Crippen molar-refractivity contribution in [2.75, 3.05) is 6.54 Å². The Bertz CT molecular complexity index is 404. The van der Waals surface area contributed by atoms with E-state index in [9.17, 15) is 4.79 Å². The number of rotatable bonds is 5.